The normalized spacial score (nSPS) is 10.4. The van der Waals surface area contributed by atoms with Crippen molar-refractivity contribution in [3.63, 3.8) is 0 Å². The Morgan fingerprint density at radius 2 is 0.815 bits per heavy atom. The predicted molar refractivity (Wildman–Crippen MR) is 324 cm³/mol. The highest BCUT2D eigenvalue weighted by molar-refractivity contribution is 7.99. The molecule has 0 bridgehead atoms. The van der Waals surface area contributed by atoms with Crippen molar-refractivity contribution in [1.29, 1.82) is 0 Å². The Bertz CT molecular complexity index is 3580. The minimum atomic E-state index is -0.645. The number of ether oxygens (including phenoxy) is 1. The highest BCUT2D eigenvalue weighted by Gasteiger charge is 2.12. The number of fused-ring (bicyclic) bond motifs is 1. The van der Waals surface area contributed by atoms with Crippen LogP contribution in [0, 0.1) is 23.3 Å². The van der Waals surface area contributed by atoms with E-state index in [2.05, 4.69) is 52.5 Å². The van der Waals surface area contributed by atoms with Crippen LogP contribution in [0.25, 0.3) is 10.8 Å². The molecule has 0 spiro atoms. The molecule has 0 atom stereocenters. The van der Waals surface area contributed by atoms with E-state index in [9.17, 15) is 38.0 Å². The van der Waals surface area contributed by atoms with Gasteiger partial charge in [-0.05, 0) is 118 Å². The maximum Gasteiger partial charge on any atom is 0.174 e. The molecule has 0 aliphatic heterocycles. The Morgan fingerprint density at radius 1 is 0.395 bits per heavy atom. The zero-order valence-corrected chi connectivity index (χ0v) is 46.2. The van der Waals surface area contributed by atoms with Crippen molar-refractivity contribution >= 4 is 57.0 Å². The first-order valence-electron chi connectivity index (χ1n) is 25.8. The smallest absolute Gasteiger partial charge is 0.174 e. The van der Waals surface area contributed by atoms with Gasteiger partial charge in [-0.15, -0.1) is 23.5 Å². The van der Waals surface area contributed by atoms with E-state index >= 15 is 0 Å². The van der Waals surface area contributed by atoms with E-state index in [-0.39, 0.29) is 23.0 Å². The van der Waals surface area contributed by atoms with Crippen LogP contribution >= 0.6 is 23.5 Å². The van der Waals surface area contributed by atoms with Gasteiger partial charge in [-0.3, -0.25) is 0 Å². The van der Waals surface area contributed by atoms with Crippen LogP contribution in [-0.2, 0) is 32.8 Å². The summed E-state index contributed by atoms with van der Waals surface area (Å²) in [7, 11) is 0. The molecule has 81 heavy (non-hydrogen) atoms. The summed E-state index contributed by atoms with van der Waals surface area (Å²) in [6.07, 6.45) is 2.03. The number of aromatic hydroxyl groups is 4. The molecule has 0 saturated heterocycles. The lowest BCUT2D eigenvalue weighted by molar-refractivity contribution is 0.303. The zero-order valence-electron chi connectivity index (χ0n) is 44.6. The molecule has 0 radical (unpaired) electrons. The molecule has 10 aromatic rings. The highest BCUT2D eigenvalue weighted by atomic mass is 32.2. The average Bonchev–Trinajstić information content (AvgIpc) is 3.50. The van der Waals surface area contributed by atoms with Gasteiger partial charge in [-0.2, -0.15) is 0 Å². The number of para-hydroxylation sites is 5. The molecule has 15 heteroatoms. The monoisotopic (exact) mass is 1130 g/mol. The Labute approximate surface area is 478 Å². The number of nitrogens with one attached hydrogen (secondary N) is 4. The number of benzene rings is 10. The maximum atomic E-state index is 13.4. The molecule has 416 valence electrons. The van der Waals surface area contributed by atoms with Crippen molar-refractivity contribution in [3.8, 4) is 28.7 Å². The van der Waals surface area contributed by atoms with E-state index < -0.39 is 23.3 Å². The number of phenols is 4. The van der Waals surface area contributed by atoms with Crippen LogP contribution < -0.4 is 26.0 Å². The molecule has 0 aliphatic rings. The second-order valence-corrected chi connectivity index (χ2v) is 20.1. The van der Waals surface area contributed by atoms with Gasteiger partial charge in [0.25, 0.3) is 0 Å². The van der Waals surface area contributed by atoms with Crippen molar-refractivity contribution in [2.45, 2.75) is 49.5 Å². The third-order valence-electron chi connectivity index (χ3n) is 12.4. The van der Waals surface area contributed by atoms with Gasteiger partial charge in [0.15, 0.2) is 46.3 Å². The van der Waals surface area contributed by atoms with Gasteiger partial charge in [-0.25, -0.2) is 17.6 Å². The van der Waals surface area contributed by atoms with Gasteiger partial charge in [0.1, 0.15) is 12.4 Å². The molecule has 9 nitrogen and oxygen atoms in total. The molecule has 0 aliphatic carbocycles. The maximum absolute atomic E-state index is 13.4. The van der Waals surface area contributed by atoms with Crippen molar-refractivity contribution in [2.75, 3.05) is 33.3 Å². The lowest BCUT2D eigenvalue weighted by atomic mass is 10.0. The summed E-state index contributed by atoms with van der Waals surface area (Å²) in [5.74, 6) is -2.11. The van der Waals surface area contributed by atoms with Crippen LogP contribution in [-0.4, -0.2) is 32.4 Å². The predicted octanol–water partition coefficient (Wildman–Crippen LogP) is 17.1. The number of anilines is 4. The second-order valence-electron chi connectivity index (χ2n) is 17.9. The van der Waals surface area contributed by atoms with Crippen LogP contribution in [0.4, 0.5) is 40.3 Å². The molecule has 0 heterocycles. The number of phenolic OH excluding ortho intramolecular Hbond substituents is 4. The molecule has 0 fully saturated rings. The van der Waals surface area contributed by atoms with Crippen LogP contribution in [0.5, 0.6) is 28.7 Å². The Balaban J connectivity index is 0.000000157. The molecule has 0 saturated carbocycles. The summed E-state index contributed by atoms with van der Waals surface area (Å²) < 4.78 is 58.9. The molecular formula is C66H62F4N4O5S2. The van der Waals surface area contributed by atoms with E-state index in [1.165, 1.54) is 34.1 Å². The topological polar surface area (TPSA) is 138 Å². The van der Waals surface area contributed by atoms with Crippen LogP contribution in [0.1, 0.15) is 34.7 Å². The Hall–Kier alpha value is -8.92. The standard InChI is InChI=1S/C20H18FNO2.C17H14FNO.C15H16FNOS.C14H14FNOS/c21-17-10-6-11-18(20(17)23)22-13-16-9-4-5-12-19(16)24-14-15-7-2-1-3-8-15;18-15-9-4-10-16(17(15)20)19-11-13-7-3-6-12-5-1-2-8-14(12)13;1-2-19-14-9-4-3-6-11(14)10-17-13-8-5-7-12(16)15(13)18;1-18-11-7-5-10(6-8-11)9-16-13-4-2-3-12(15)14(13)17/h1-12,22-23H,13-14H2;1-10,19-20H,11H2;3-9,17-18H,2,10H2,1H3;2-8,16-17H,9H2,1H3. The first kappa shape index (κ1) is 59.7. The van der Waals surface area contributed by atoms with E-state index in [0.29, 0.717) is 55.5 Å². The molecule has 10 aromatic carbocycles. The van der Waals surface area contributed by atoms with Gasteiger partial charge in [-0.1, -0.05) is 153 Å². The molecule has 0 unspecified atom stereocenters. The van der Waals surface area contributed by atoms with Crippen LogP contribution in [0.15, 0.2) is 228 Å². The Kier molecular flexibility index (Phi) is 22.9. The highest BCUT2D eigenvalue weighted by Crippen LogP contribution is 2.32. The van der Waals surface area contributed by atoms with Crippen LogP contribution in [0.3, 0.4) is 0 Å². The summed E-state index contributed by atoms with van der Waals surface area (Å²) >= 11 is 3.45. The van der Waals surface area contributed by atoms with Crippen molar-refractivity contribution in [3.05, 3.63) is 269 Å². The second kappa shape index (κ2) is 31.0. The molecular weight excluding hydrogens is 1070 g/mol. The molecule has 8 N–H and O–H groups in total. The Morgan fingerprint density at radius 3 is 1.36 bits per heavy atom. The molecule has 10 rings (SSSR count). The van der Waals surface area contributed by atoms with E-state index in [1.807, 2.05) is 128 Å². The fourth-order valence-corrected chi connectivity index (χ4v) is 9.28. The largest absolute Gasteiger partial charge is 0.503 e. The number of rotatable bonds is 18. The fourth-order valence-electron chi connectivity index (χ4n) is 8.06. The first-order chi connectivity index (χ1) is 39.4. The quantitative estimate of drug-likeness (QED) is 0.0237. The van der Waals surface area contributed by atoms with E-state index in [1.54, 1.807) is 72.1 Å². The third kappa shape index (κ3) is 17.8. The minimum Gasteiger partial charge on any atom is -0.503 e. The number of thioether (sulfide) groups is 2. The summed E-state index contributed by atoms with van der Waals surface area (Å²) in [6, 6.07) is 65.7. The minimum absolute atomic E-state index is 0.330. The van der Waals surface area contributed by atoms with Gasteiger partial charge in [0, 0.05) is 41.5 Å². The van der Waals surface area contributed by atoms with Gasteiger partial charge >= 0.3 is 0 Å². The molecule has 0 amide bonds. The van der Waals surface area contributed by atoms with Crippen molar-refractivity contribution < 1.29 is 42.7 Å². The summed E-state index contributed by atoms with van der Waals surface area (Å²) in [4.78, 5) is 2.40. The summed E-state index contributed by atoms with van der Waals surface area (Å²) in [5.41, 5.74) is 6.91. The number of hydrogen-bond acceptors (Lipinski definition) is 11. The lowest BCUT2D eigenvalue weighted by Crippen LogP contribution is -2.04. The van der Waals surface area contributed by atoms with Gasteiger partial charge in [0.05, 0.1) is 22.7 Å². The van der Waals surface area contributed by atoms with Gasteiger partial charge in [0.2, 0.25) is 0 Å². The first-order valence-corrected chi connectivity index (χ1v) is 28.0. The lowest BCUT2D eigenvalue weighted by Gasteiger charge is -2.13. The van der Waals surface area contributed by atoms with Crippen molar-refractivity contribution in [2.24, 2.45) is 0 Å². The summed E-state index contributed by atoms with van der Waals surface area (Å²) in [6.45, 7) is 4.63. The SMILES string of the molecule is CCSc1ccccc1CNc1cccc(F)c1O.CSc1ccc(CNc2cccc(F)c2O)cc1.Oc1c(F)cccc1NCc1cccc2ccccc12.Oc1c(F)cccc1NCc1ccccc1OCc1ccccc1. The molecule has 0 aromatic heterocycles. The third-order valence-corrected chi connectivity index (χ3v) is 14.1. The number of hydrogen-bond donors (Lipinski definition) is 8. The zero-order chi connectivity index (χ0) is 57.3. The van der Waals surface area contributed by atoms with Gasteiger partial charge < -0.3 is 46.4 Å². The van der Waals surface area contributed by atoms with E-state index in [4.69, 9.17) is 4.74 Å². The van der Waals surface area contributed by atoms with E-state index in [0.717, 1.165) is 50.1 Å². The number of halogens is 4. The van der Waals surface area contributed by atoms with Crippen molar-refractivity contribution in [1.82, 2.24) is 0 Å². The van der Waals surface area contributed by atoms with Crippen LogP contribution in [0.2, 0.25) is 0 Å². The average molecular weight is 1130 g/mol. The summed E-state index contributed by atoms with van der Waals surface area (Å²) in [5, 5.41) is 53.0. The fraction of sp³-hybridized carbons (Fsp3) is 0.121.